The summed E-state index contributed by atoms with van der Waals surface area (Å²) in [6, 6.07) is 20.0. The Morgan fingerprint density at radius 3 is 2.53 bits per heavy atom. The second-order valence-electron chi connectivity index (χ2n) is 5.13. The molecule has 0 amide bonds. The summed E-state index contributed by atoms with van der Waals surface area (Å²) in [6.45, 7) is 3.22. The second kappa shape index (κ2) is 6.00. The van der Waals surface area contributed by atoms with Crippen molar-refractivity contribution in [3.05, 3.63) is 60.2 Å². The van der Waals surface area contributed by atoms with Gasteiger partial charge in [-0.25, -0.2) is 0 Å². The van der Waals surface area contributed by atoms with Gasteiger partial charge in [0.05, 0.1) is 0 Å². The summed E-state index contributed by atoms with van der Waals surface area (Å²) in [6.07, 6.45) is 1.09. The van der Waals surface area contributed by atoms with Gasteiger partial charge in [0.15, 0.2) is 0 Å². The summed E-state index contributed by atoms with van der Waals surface area (Å²) in [7, 11) is 0. The van der Waals surface area contributed by atoms with Crippen LogP contribution in [0, 0.1) is 0 Å². The van der Waals surface area contributed by atoms with Crippen molar-refractivity contribution >= 4 is 0 Å². The third-order valence-corrected chi connectivity index (χ3v) is 3.64. The van der Waals surface area contributed by atoms with E-state index in [1.165, 1.54) is 16.7 Å². The molecule has 1 saturated heterocycles. The zero-order valence-corrected chi connectivity index (χ0v) is 11.1. The van der Waals surface area contributed by atoms with Gasteiger partial charge in [-0.1, -0.05) is 54.6 Å². The van der Waals surface area contributed by atoms with E-state index >= 15 is 0 Å². The lowest BCUT2D eigenvalue weighted by Crippen LogP contribution is -2.49. The lowest BCUT2D eigenvalue weighted by atomic mass is 9.99. The topological polar surface area (TPSA) is 24.1 Å². The van der Waals surface area contributed by atoms with Crippen molar-refractivity contribution in [1.29, 1.82) is 0 Å². The van der Waals surface area contributed by atoms with Crippen molar-refractivity contribution in [2.45, 2.75) is 12.5 Å². The van der Waals surface area contributed by atoms with Crippen molar-refractivity contribution in [2.24, 2.45) is 0 Å². The van der Waals surface area contributed by atoms with Gasteiger partial charge in [0.2, 0.25) is 0 Å². The van der Waals surface area contributed by atoms with Crippen LogP contribution in [0.4, 0.5) is 0 Å². The lowest BCUT2D eigenvalue weighted by Gasteiger charge is -2.24. The van der Waals surface area contributed by atoms with Gasteiger partial charge in [-0.15, -0.1) is 0 Å². The van der Waals surface area contributed by atoms with Gasteiger partial charge < -0.3 is 10.6 Å². The predicted octanol–water partition coefficient (Wildman–Crippen LogP) is 2.46. The Labute approximate surface area is 114 Å². The number of nitrogens with one attached hydrogen (secondary N) is 2. The highest BCUT2D eigenvalue weighted by Crippen LogP contribution is 2.20. The monoisotopic (exact) mass is 252 g/mol. The maximum absolute atomic E-state index is 3.56. The molecular formula is C17H20N2. The fraction of sp³-hybridized carbons (Fsp3) is 0.294. The maximum atomic E-state index is 3.56. The Morgan fingerprint density at radius 2 is 1.74 bits per heavy atom. The van der Waals surface area contributed by atoms with Crippen LogP contribution < -0.4 is 10.6 Å². The zero-order valence-electron chi connectivity index (χ0n) is 11.1. The average Bonchev–Trinajstić information content (AvgIpc) is 2.49. The first kappa shape index (κ1) is 12.4. The molecule has 0 saturated carbocycles. The Bertz CT molecular complexity index is 516. The van der Waals surface area contributed by atoms with Crippen LogP contribution in [0.15, 0.2) is 54.6 Å². The van der Waals surface area contributed by atoms with Crippen LogP contribution in [0.5, 0.6) is 0 Å². The largest absolute Gasteiger partial charge is 0.314 e. The molecule has 3 rings (SSSR count). The third kappa shape index (κ3) is 3.22. The summed E-state index contributed by atoms with van der Waals surface area (Å²) in [5.74, 6) is 0. The maximum Gasteiger partial charge on any atom is 0.0233 e. The van der Waals surface area contributed by atoms with Crippen LogP contribution in [0.25, 0.3) is 11.1 Å². The first-order valence-corrected chi connectivity index (χ1v) is 7.00. The molecule has 19 heavy (non-hydrogen) atoms. The number of benzene rings is 2. The SMILES string of the molecule is c1ccc(-c2cccc(CC3CNCCN3)c2)cc1. The van der Waals surface area contributed by atoms with Crippen LogP contribution in [0.1, 0.15) is 5.56 Å². The molecule has 0 aromatic heterocycles. The van der Waals surface area contributed by atoms with E-state index in [9.17, 15) is 0 Å². The second-order valence-corrected chi connectivity index (χ2v) is 5.13. The number of rotatable bonds is 3. The minimum absolute atomic E-state index is 0.555. The molecular weight excluding hydrogens is 232 g/mol. The molecule has 0 bridgehead atoms. The van der Waals surface area contributed by atoms with Gasteiger partial charge in [-0.2, -0.15) is 0 Å². The van der Waals surface area contributed by atoms with Crippen LogP contribution in [0.3, 0.4) is 0 Å². The molecule has 2 heteroatoms. The molecule has 1 atom stereocenters. The molecule has 2 aromatic rings. The molecule has 2 nitrogen and oxygen atoms in total. The molecule has 0 aliphatic carbocycles. The minimum atomic E-state index is 0.555. The van der Waals surface area contributed by atoms with Crippen molar-refractivity contribution in [3.8, 4) is 11.1 Å². The molecule has 1 aliphatic heterocycles. The van der Waals surface area contributed by atoms with Crippen molar-refractivity contribution in [1.82, 2.24) is 10.6 Å². The highest BCUT2D eigenvalue weighted by molar-refractivity contribution is 5.63. The molecule has 2 N–H and O–H groups in total. The molecule has 1 heterocycles. The van der Waals surface area contributed by atoms with Gasteiger partial charge in [-0.3, -0.25) is 0 Å². The number of hydrogen-bond donors (Lipinski definition) is 2. The van der Waals surface area contributed by atoms with Gasteiger partial charge in [0.1, 0.15) is 0 Å². The highest BCUT2D eigenvalue weighted by atomic mass is 15.0. The number of hydrogen-bond acceptors (Lipinski definition) is 2. The Balaban J connectivity index is 1.76. The van der Waals surface area contributed by atoms with E-state index in [1.807, 2.05) is 0 Å². The first-order valence-electron chi connectivity index (χ1n) is 7.00. The molecule has 2 aromatic carbocycles. The minimum Gasteiger partial charge on any atom is -0.314 e. The summed E-state index contributed by atoms with van der Waals surface area (Å²) in [5, 5.41) is 7.00. The zero-order chi connectivity index (χ0) is 12.9. The van der Waals surface area contributed by atoms with Crippen LogP contribution in [0.2, 0.25) is 0 Å². The fourth-order valence-corrected chi connectivity index (χ4v) is 2.65. The van der Waals surface area contributed by atoms with Crippen molar-refractivity contribution < 1.29 is 0 Å². The average molecular weight is 252 g/mol. The molecule has 98 valence electrons. The Hall–Kier alpha value is -1.64. The predicted molar refractivity (Wildman–Crippen MR) is 80.2 cm³/mol. The van der Waals surface area contributed by atoms with Crippen molar-refractivity contribution in [3.63, 3.8) is 0 Å². The molecule has 1 unspecified atom stereocenters. The van der Waals surface area contributed by atoms with Crippen molar-refractivity contribution in [2.75, 3.05) is 19.6 Å². The Kier molecular flexibility index (Phi) is 3.92. The first-order chi connectivity index (χ1) is 9.42. The highest BCUT2D eigenvalue weighted by Gasteiger charge is 2.12. The van der Waals surface area contributed by atoms with Gasteiger partial charge >= 0.3 is 0 Å². The molecule has 0 radical (unpaired) electrons. The van der Waals surface area contributed by atoms with E-state index in [0.29, 0.717) is 6.04 Å². The normalized spacial score (nSPS) is 19.3. The van der Waals surface area contributed by atoms with Gasteiger partial charge in [0.25, 0.3) is 0 Å². The van der Waals surface area contributed by atoms with E-state index in [4.69, 9.17) is 0 Å². The third-order valence-electron chi connectivity index (χ3n) is 3.64. The van der Waals surface area contributed by atoms with E-state index < -0.39 is 0 Å². The number of piperazine rings is 1. The fourth-order valence-electron chi connectivity index (χ4n) is 2.65. The van der Waals surface area contributed by atoms with Gasteiger partial charge in [-0.05, 0) is 23.1 Å². The molecule has 0 spiro atoms. The van der Waals surface area contributed by atoms with Crippen LogP contribution in [-0.4, -0.2) is 25.7 Å². The summed E-state index contributed by atoms with van der Waals surface area (Å²) in [5.41, 5.74) is 4.00. The lowest BCUT2D eigenvalue weighted by molar-refractivity contribution is 0.417. The summed E-state index contributed by atoms with van der Waals surface area (Å²) >= 11 is 0. The summed E-state index contributed by atoms with van der Waals surface area (Å²) in [4.78, 5) is 0. The van der Waals surface area contributed by atoms with E-state index in [1.54, 1.807) is 0 Å². The van der Waals surface area contributed by atoms with E-state index in [0.717, 1.165) is 26.1 Å². The summed E-state index contributed by atoms with van der Waals surface area (Å²) < 4.78 is 0. The smallest absolute Gasteiger partial charge is 0.0233 e. The standard InChI is InChI=1S/C17H20N2/c1-2-6-15(7-3-1)16-8-4-5-14(11-16)12-17-13-18-9-10-19-17/h1-8,11,17-19H,9-10,12-13H2. The molecule has 1 fully saturated rings. The van der Waals surface area contributed by atoms with E-state index in [2.05, 4.69) is 65.2 Å². The molecule has 1 aliphatic rings. The van der Waals surface area contributed by atoms with E-state index in [-0.39, 0.29) is 0 Å². The van der Waals surface area contributed by atoms with Crippen LogP contribution >= 0.6 is 0 Å². The van der Waals surface area contributed by atoms with Crippen LogP contribution in [-0.2, 0) is 6.42 Å². The van der Waals surface area contributed by atoms with Gasteiger partial charge in [0, 0.05) is 25.7 Å². The quantitative estimate of drug-likeness (QED) is 0.877. The Morgan fingerprint density at radius 1 is 0.895 bits per heavy atom.